The van der Waals surface area contributed by atoms with Crippen LogP contribution in [0.1, 0.15) is 46.0 Å². The van der Waals surface area contributed by atoms with Crippen LogP contribution < -0.4 is 0 Å². The van der Waals surface area contributed by atoms with Crippen molar-refractivity contribution in [1.29, 1.82) is 0 Å². The summed E-state index contributed by atoms with van der Waals surface area (Å²) in [6.45, 7) is 7.78. The number of piperidine rings is 1. The Kier molecular flexibility index (Phi) is 4.72. The van der Waals surface area contributed by atoms with Crippen molar-refractivity contribution in [2.24, 2.45) is 34.5 Å². The van der Waals surface area contributed by atoms with E-state index < -0.39 is 23.9 Å². The molecule has 29 heavy (non-hydrogen) atoms. The largest absolute Gasteiger partial charge is 0.390 e. The molecule has 0 radical (unpaired) electrons. The molecule has 1 saturated heterocycles. The third kappa shape index (κ3) is 2.39. The highest BCUT2D eigenvalue weighted by Gasteiger charge is 2.75. The number of likely N-dealkylation sites (tertiary alicyclic amines) is 1. The first-order valence-corrected chi connectivity index (χ1v) is 11.6. The molecule has 6 nitrogen and oxygen atoms in total. The predicted molar refractivity (Wildman–Crippen MR) is 108 cm³/mol. The van der Waals surface area contributed by atoms with Gasteiger partial charge in [0.05, 0.1) is 18.3 Å². The summed E-state index contributed by atoms with van der Waals surface area (Å²) in [7, 11) is 3.31. The highest BCUT2D eigenvalue weighted by molar-refractivity contribution is 5.24. The van der Waals surface area contributed by atoms with E-state index in [2.05, 4.69) is 18.7 Å². The Bertz CT molecular complexity index is 661. The van der Waals surface area contributed by atoms with Crippen LogP contribution in [0.3, 0.4) is 0 Å². The maximum absolute atomic E-state index is 12.0. The van der Waals surface area contributed by atoms with Gasteiger partial charge in [0.2, 0.25) is 0 Å². The minimum absolute atomic E-state index is 0.0563. The summed E-state index contributed by atoms with van der Waals surface area (Å²) >= 11 is 0. The number of rotatable bonds is 3. The Hall–Kier alpha value is -0.240. The molecule has 5 fully saturated rings. The molecule has 5 rings (SSSR count). The second-order valence-electron chi connectivity index (χ2n) is 11.1. The maximum atomic E-state index is 12.0. The van der Waals surface area contributed by atoms with Crippen LogP contribution in [-0.2, 0) is 9.47 Å². The molecule has 166 valence electrons. The number of hydrogen-bond donors (Lipinski definition) is 3. The number of nitrogens with zero attached hydrogens (tertiary/aromatic N) is 1. The number of aliphatic hydroxyl groups is 3. The van der Waals surface area contributed by atoms with Crippen molar-refractivity contribution < 1.29 is 24.8 Å². The van der Waals surface area contributed by atoms with Crippen LogP contribution in [0.2, 0.25) is 0 Å². The van der Waals surface area contributed by atoms with Crippen molar-refractivity contribution in [2.75, 3.05) is 33.9 Å². The topological polar surface area (TPSA) is 82.4 Å². The Labute approximate surface area is 174 Å². The second-order valence-corrected chi connectivity index (χ2v) is 11.1. The molecule has 6 heteroatoms. The van der Waals surface area contributed by atoms with Crippen LogP contribution in [0.5, 0.6) is 0 Å². The summed E-state index contributed by atoms with van der Waals surface area (Å²) < 4.78 is 11.7. The van der Waals surface area contributed by atoms with E-state index in [0.717, 1.165) is 32.5 Å². The molecule has 4 unspecified atom stereocenters. The van der Waals surface area contributed by atoms with Gasteiger partial charge in [-0.2, -0.15) is 0 Å². The van der Waals surface area contributed by atoms with Crippen LogP contribution in [-0.4, -0.2) is 84.1 Å². The lowest BCUT2D eigenvalue weighted by molar-refractivity contribution is -0.260. The Morgan fingerprint density at radius 2 is 1.76 bits per heavy atom. The molecular weight excluding hydrogens is 370 g/mol. The Morgan fingerprint density at radius 1 is 1.03 bits per heavy atom. The molecule has 0 aromatic heterocycles. The molecule has 0 aromatic carbocycles. The van der Waals surface area contributed by atoms with E-state index in [1.54, 1.807) is 14.2 Å². The van der Waals surface area contributed by atoms with E-state index in [4.69, 9.17) is 9.47 Å². The fourth-order valence-electron chi connectivity index (χ4n) is 9.25. The van der Waals surface area contributed by atoms with Gasteiger partial charge in [-0.25, -0.2) is 0 Å². The first kappa shape index (κ1) is 20.7. The number of ether oxygens (including phenoxy) is 2. The zero-order valence-corrected chi connectivity index (χ0v) is 18.4. The Morgan fingerprint density at radius 3 is 2.41 bits per heavy atom. The summed E-state index contributed by atoms with van der Waals surface area (Å²) in [4.78, 5) is 2.60. The van der Waals surface area contributed by atoms with Crippen LogP contribution in [0, 0.1) is 34.5 Å². The quantitative estimate of drug-likeness (QED) is 0.651. The molecule has 0 aromatic rings. The van der Waals surface area contributed by atoms with E-state index in [9.17, 15) is 15.3 Å². The molecule has 4 aliphatic carbocycles. The van der Waals surface area contributed by atoms with Gasteiger partial charge in [0, 0.05) is 39.1 Å². The van der Waals surface area contributed by atoms with Gasteiger partial charge in [-0.15, -0.1) is 0 Å². The van der Waals surface area contributed by atoms with Gasteiger partial charge in [-0.3, -0.25) is 0 Å². The maximum Gasteiger partial charge on any atom is 0.124 e. The number of aliphatic hydroxyl groups excluding tert-OH is 2. The van der Waals surface area contributed by atoms with Crippen LogP contribution in [0.15, 0.2) is 0 Å². The van der Waals surface area contributed by atoms with Crippen LogP contribution in [0.4, 0.5) is 0 Å². The van der Waals surface area contributed by atoms with Gasteiger partial charge in [-0.05, 0) is 54.9 Å². The fourth-order valence-corrected chi connectivity index (χ4v) is 9.25. The minimum atomic E-state index is -1.58. The van der Waals surface area contributed by atoms with Crippen molar-refractivity contribution >= 4 is 0 Å². The SMILES string of the molecule is CCN1CC23CCC[C@@](C)(C1)[C@H]2C[C@@H](O)[C@]1(O)[C@@H]2C(OC)C(CC23)[C@@H](OC)[C@H]1O. The molecule has 5 aliphatic rings. The summed E-state index contributed by atoms with van der Waals surface area (Å²) in [6, 6.07) is 0. The third-order valence-electron chi connectivity index (χ3n) is 10.2. The van der Waals surface area contributed by atoms with Crippen molar-refractivity contribution in [2.45, 2.75) is 76.0 Å². The van der Waals surface area contributed by atoms with E-state index >= 15 is 0 Å². The molecule has 0 spiro atoms. The summed E-state index contributed by atoms with van der Waals surface area (Å²) in [5.74, 6) is 0.401. The lowest BCUT2D eigenvalue weighted by atomic mass is 9.47. The lowest BCUT2D eigenvalue weighted by Gasteiger charge is -2.63. The van der Waals surface area contributed by atoms with Crippen molar-refractivity contribution in [1.82, 2.24) is 4.90 Å². The van der Waals surface area contributed by atoms with E-state index in [1.807, 2.05) is 0 Å². The van der Waals surface area contributed by atoms with E-state index in [-0.39, 0.29) is 34.7 Å². The first-order chi connectivity index (χ1) is 13.8. The normalized spacial score (nSPS) is 59.3. The van der Waals surface area contributed by atoms with Crippen molar-refractivity contribution in [3.05, 3.63) is 0 Å². The molecule has 4 bridgehead atoms. The fraction of sp³-hybridized carbons (Fsp3) is 1.00. The van der Waals surface area contributed by atoms with Gasteiger partial charge in [0.1, 0.15) is 11.7 Å². The summed E-state index contributed by atoms with van der Waals surface area (Å²) in [5, 5.41) is 34.7. The monoisotopic (exact) mass is 409 g/mol. The number of methoxy groups -OCH3 is 2. The standard InChI is InChI=1S/C23H39NO5/c1-5-24-11-21(2)7-6-8-22(12-24)14-9-13-18(28-3)17(14)23(27,16(25)10-15(21)22)20(26)19(13)29-4/h13-20,25-27H,5-12H2,1-4H3/t13?,14?,15-,16-,17+,18?,19-,20-,21+,22?,23+/m1/s1. The summed E-state index contributed by atoms with van der Waals surface area (Å²) in [5.41, 5.74) is -1.37. The van der Waals surface area contributed by atoms with Crippen LogP contribution >= 0.6 is 0 Å². The number of fused-ring (bicyclic) bond motifs is 1. The first-order valence-electron chi connectivity index (χ1n) is 11.6. The molecular formula is C23H39NO5. The second kappa shape index (κ2) is 6.63. The predicted octanol–water partition coefficient (Wildman–Crippen LogP) is 1.27. The molecule has 4 saturated carbocycles. The third-order valence-corrected chi connectivity index (χ3v) is 10.2. The molecule has 11 atom stereocenters. The lowest BCUT2D eigenvalue weighted by Crippen LogP contribution is -2.69. The van der Waals surface area contributed by atoms with E-state index in [0.29, 0.717) is 12.3 Å². The van der Waals surface area contributed by atoms with E-state index in [1.165, 1.54) is 12.8 Å². The molecule has 1 heterocycles. The van der Waals surface area contributed by atoms with Crippen molar-refractivity contribution in [3.8, 4) is 0 Å². The highest BCUT2D eigenvalue weighted by atomic mass is 16.5. The zero-order chi connectivity index (χ0) is 20.8. The Balaban J connectivity index is 1.69. The van der Waals surface area contributed by atoms with Gasteiger partial charge in [0.25, 0.3) is 0 Å². The molecule has 1 aliphatic heterocycles. The zero-order valence-electron chi connectivity index (χ0n) is 18.4. The minimum Gasteiger partial charge on any atom is -0.390 e. The van der Waals surface area contributed by atoms with Gasteiger partial charge < -0.3 is 29.7 Å². The van der Waals surface area contributed by atoms with Gasteiger partial charge in [-0.1, -0.05) is 20.3 Å². The average Bonchev–Trinajstić information content (AvgIpc) is 3.00. The number of hydrogen-bond acceptors (Lipinski definition) is 6. The van der Waals surface area contributed by atoms with Gasteiger partial charge >= 0.3 is 0 Å². The molecule has 0 amide bonds. The van der Waals surface area contributed by atoms with Crippen molar-refractivity contribution in [3.63, 3.8) is 0 Å². The molecule has 3 N–H and O–H groups in total. The van der Waals surface area contributed by atoms with Crippen LogP contribution in [0.25, 0.3) is 0 Å². The van der Waals surface area contributed by atoms with Gasteiger partial charge in [0.15, 0.2) is 0 Å². The summed E-state index contributed by atoms with van der Waals surface area (Å²) in [6.07, 6.45) is 2.26. The smallest absolute Gasteiger partial charge is 0.124 e. The average molecular weight is 410 g/mol. The highest BCUT2D eigenvalue weighted by Crippen LogP contribution is 2.70.